The van der Waals surface area contributed by atoms with Crippen LogP contribution in [-0.2, 0) is 12.8 Å². The average molecular weight is 453 g/mol. The van der Waals surface area contributed by atoms with Gasteiger partial charge in [0.1, 0.15) is 0 Å². The Morgan fingerprint density at radius 1 is 0.829 bits per heavy atom. The molecule has 1 N–H and O–H groups in total. The van der Waals surface area contributed by atoms with E-state index >= 15 is 0 Å². The van der Waals surface area contributed by atoms with Gasteiger partial charge in [0.25, 0.3) is 0 Å². The van der Waals surface area contributed by atoms with Gasteiger partial charge < -0.3 is 5.32 Å². The fourth-order valence-electron chi connectivity index (χ4n) is 5.21. The molecule has 6 rings (SSSR count). The summed E-state index contributed by atoms with van der Waals surface area (Å²) in [5.41, 5.74) is 12.1. The lowest BCUT2D eigenvalue weighted by Crippen LogP contribution is -2.08. The Morgan fingerprint density at radius 2 is 1.66 bits per heavy atom. The normalized spacial score (nSPS) is 15.2. The van der Waals surface area contributed by atoms with Gasteiger partial charge in [0.05, 0.1) is 11.4 Å². The summed E-state index contributed by atoms with van der Waals surface area (Å²) in [5, 5.41) is 5.94. The van der Waals surface area contributed by atoms with Crippen molar-refractivity contribution in [2.75, 3.05) is 0 Å². The molecule has 35 heavy (non-hydrogen) atoms. The topological polar surface area (TPSA) is 24.9 Å². The second-order valence-corrected chi connectivity index (χ2v) is 9.46. The number of nitrogens with one attached hydrogen (secondary N) is 1. The highest BCUT2D eigenvalue weighted by atomic mass is 14.9. The summed E-state index contributed by atoms with van der Waals surface area (Å²) >= 11 is 0. The van der Waals surface area contributed by atoms with Crippen LogP contribution in [0.1, 0.15) is 34.5 Å². The molecule has 170 valence electrons. The third kappa shape index (κ3) is 4.13. The molecule has 0 spiro atoms. The van der Waals surface area contributed by atoms with Gasteiger partial charge in [-0.15, -0.1) is 0 Å². The van der Waals surface area contributed by atoms with Crippen LogP contribution in [-0.4, -0.2) is 4.98 Å². The van der Waals surface area contributed by atoms with E-state index in [1.54, 1.807) is 0 Å². The van der Waals surface area contributed by atoms with Crippen LogP contribution in [0.3, 0.4) is 0 Å². The maximum atomic E-state index is 4.78. The number of benzene rings is 3. The van der Waals surface area contributed by atoms with Gasteiger partial charge in [-0.3, -0.25) is 4.98 Å². The van der Waals surface area contributed by atoms with Crippen LogP contribution >= 0.6 is 0 Å². The molecule has 2 heteroatoms. The highest BCUT2D eigenvalue weighted by Crippen LogP contribution is 2.35. The molecule has 3 aromatic carbocycles. The molecule has 1 aliphatic heterocycles. The Bertz CT molecular complexity index is 1570. The molecule has 0 radical (unpaired) electrons. The Kier molecular flexibility index (Phi) is 5.42. The second kappa shape index (κ2) is 8.88. The third-order valence-corrected chi connectivity index (χ3v) is 7.02. The van der Waals surface area contributed by atoms with Crippen LogP contribution in [0.5, 0.6) is 0 Å². The molecule has 0 bridgehead atoms. The van der Waals surface area contributed by atoms with Crippen molar-refractivity contribution in [2.24, 2.45) is 0 Å². The lowest BCUT2D eigenvalue weighted by molar-refractivity contribution is 0.842. The fourth-order valence-corrected chi connectivity index (χ4v) is 5.21. The minimum absolute atomic E-state index is 0.946. The van der Waals surface area contributed by atoms with E-state index in [9.17, 15) is 0 Å². The zero-order valence-corrected chi connectivity index (χ0v) is 20.0. The molecular weight excluding hydrogens is 424 g/mol. The molecule has 2 nitrogen and oxygen atoms in total. The van der Waals surface area contributed by atoms with Gasteiger partial charge in [-0.1, -0.05) is 72.8 Å². The molecule has 0 fully saturated rings. The number of nitrogens with zero attached hydrogens (tertiary/aromatic N) is 1. The van der Waals surface area contributed by atoms with Crippen molar-refractivity contribution in [1.82, 2.24) is 10.3 Å². The van der Waals surface area contributed by atoms with Gasteiger partial charge >= 0.3 is 0 Å². The number of pyridine rings is 1. The predicted octanol–water partition coefficient (Wildman–Crippen LogP) is 7.80. The van der Waals surface area contributed by atoms with Crippen molar-refractivity contribution in [1.29, 1.82) is 0 Å². The molecule has 1 aromatic heterocycles. The quantitative estimate of drug-likeness (QED) is 0.321. The zero-order valence-electron chi connectivity index (χ0n) is 20.0. The zero-order chi connectivity index (χ0) is 23.8. The van der Waals surface area contributed by atoms with E-state index in [1.165, 1.54) is 44.2 Å². The van der Waals surface area contributed by atoms with Crippen LogP contribution in [0.15, 0.2) is 109 Å². The van der Waals surface area contributed by atoms with Crippen molar-refractivity contribution in [3.63, 3.8) is 0 Å². The molecular formula is C33H28N2. The lowest BCUT2D eigenvalue weighted by atomic mass is 9.83. The van der Waals surface area contributed by atoms with Crippen molar-refractivity contribution < 1.29 is 0 Å². The molecule has 2 aliphatic rings. The summed E-state index contributed by atoms with van der Waals surface area (Å²) in [6, 6.07) is 26.4. The molecule has 0 amide bonds. The summed E-state index contributed by atoms with van der Waals surface area (Å²) in [6.07, 6.45) is 11.4. The average Bonchev–Trinajstić information content (AvgIpc) is 3.14. The number of fused-ring (bicyclic) bond motifs is 2. The number of hydrogen-bond donors (Lipinski definition) is 1. The molecule has 0 saturated carbocycles. The van der Waals surface area contributed by atoms with Gasteiger partial charge in [0.2, 0.25) is 0 Å². The van der Waals surface area contributed by atoms with E-state index in [4.69, 9.17) is 4.98 Å². The number of rotatable bonds is 3. The molecule has 1 aliphatic carbocycles. The first-order chi connectivity index (χ1) is 17.2. The van der Waals surface area contributed by atoms with Gasteiger partial charge in [-0.25, -0.2) is 0 Å². The summed E-state index contributed by atoms with van der Waals surface area (Å²) in [7, 11) is 0. The number of allylic oxidation sites excluding steroid dienone is 5. The number of aromatic nitrogens is 1. The van der Waals surface area contributed by atoms with Crippen LogP contribution in [0.4, 0.5) is 0 Å². The maximum absolute atomic E-state index is 4.78. The smallest absolute Gasteiger partial charge is 0.0873 e. The van der Waals surface area contributed by atoms with Crippen molar-refractivity contribution in [3.05, 3.63) is 137 Å². The Labute approximate surface area is 207 Å². The van der Waals surface area contributed by atoms with E-state index in [1.807, 2.05) is 25.3 Å². The Morgan fingerprint density at radius 3 is 2.54 bits per heavy atom. The monoisotopic (exact) mass is 452 g/mol. The van der Waals surface area contributed by atoms with E-state index in [2.05, 4.69) is 90.8 Å². The van der Waals surface area contributed by atoms with Crippen LogP contribution in [0, 0.1) is 6.92 Å². The van der Waals surface area contributed by atoms with E-state index in [0.29, 0.717) is 0 Å². The summed E-state index contributed by atoms with van der Waals surface area (Å²) in [4.78, 5) is 4.78. The minimum Gasteiger partial charge on any atom is -0.359 e. The molecule has 0 unspecified atom stereocenters. The highest BCUT2D eigenvalue weighted by molar-refractivity contribution is 5.98. The van der Waals surface area contributed by atoms with Gasteiger partial charge in [-0.05, 0) is 95.1 Å². The molecule has 0 saturated heterocycles. The standard InChI is InChI=1S/C33H28N2/c1-22-12-13-25-8-6-10-29(31(25)19-22)26-16-14-24-15-17-27(21-28(24)20-26)30-9-3-4-18-34-33(30)32-11-5-7-23(2)35-32/h3-11,14-18,20-21,34H,1,12-13,19H2,2H3. The lowest BCUT2D eigenvalue weighted by Gasteiger charge is -2.21. The minimum atomic E-state index is 0.946. The molecule has 4 aromatic rings. The summed E-state index contributed by atoms with van der Waals surface area (Å²) < 4.78 is 0. The number of hydrogen-bond acceptors (Lipinski definition) is 2. The van der Waals surface area contributed by atoms with E-state index in [-0.39, 0.29) is 0 Å². The van der Waals surface area contributed by atoms with Crippen molar-refractivity contribution in [2.45, 2.75) is 26.2 Å². The Balaban J connectivity index is 1.48. The fraction of sp³-hybridized carbons (Fsp3) is 0.121. The number of aryl methyl sites for hydroxylation is 2. The Hall–Kier alpha value is -4.17. The molecule has 2 heterocycles. The predicted molar refractivity (Wildman–Crippen MR) is 148 cm³/mol. The second-order valence-electron chi connectivity index (χ2n) is 9.46. The van der Waals surface area contributed by atoms with Gasteiger partial charge in [-0.2, -0.15) is 0 Å². The molecule has 0 atom stereocenters. The maximum Gasteiger partial charge on any atom is 0.0873 e. The largest absolute Gasteiger partial charge is 0.359 e. The van der Waals surface area contributed by atoms with Crippen molar-refractivity contribution >= 4 is 22.0 Å². The van der Waals surface area contributed by atoms with Gasteiger partial charge in [0.15, 0.2) is 0 Å². The van der Waals surface area contributed by atoms with Crippen LogP contribution < -0.4 is 5.32 Å². The first-order valence-electron chi connectivity index (χ1n) is 12.3. The summed E-state index contributed by atoms with van der Waals surface area (Å²) in [5.74, 6) is 0. The van der Waals surface area contributed by atoms with Crippen LogP contribution in [0.2, 0.25) is 0 Å². The third-order valence-electron chi connectivity index (χ3n) is 7.02. The highest BCUT2D eigenvalue weighted by Gasteiger charge is 2.17. The van der Waals surface area contributed by atoms with Crippen molar-refractivity contribution in [3.8, 4) is 11.1 Å². The van der Waals surface area contributed by atoms with E-state index in [0.717, 1.165) is 41.9 Å². The summed E-state index contributed by atoms with van der Waals surface area (Å²) in [6.45, 7) is 6.31. The van der Waals surface area contributed by atoms with Crippen LogP contribution in [0.25, 0.3) is 33.2 Å². The first-order valence-corrected chi connectivity index (χ1v) is 12.3. The first kappa shape index (κ1) is 21.4. The SMILES string of the molecule is C=C1CCc2cccc(-c3ccc4ccc(C5=C(c6cccc(C)n6)NC=CC=C5)cc4c3)c2C1. The van der Waals surface area contributed by atoms with E-state index < -0.39 is 0 Å². The van der Waals surface area contributed by atoms with Gasteiger partial charge in [0, 0.05) is 17.5 Å².